The third-order valence-corrected chi connectivity index (χ3v) is 4.95. The normalized spacial score (nSPS) is 29.2. The third kappa shape index (κ3) is 1.78. The van der Waals surface area contributed by atoms with Crippen LogP contribution in [-0.4, -0.2) is 27.9 Å². The van der Waals surface area contributed by atoms with Gasteiger partial charge in [0.25, 0.3) is 0 Å². The number of hydrogen-bond acceptors (Lipinski definition) is 3. The Kier molecular flexibility index (Phi) is 3.14. The topological polar surface area (TPSA) is 42.7 Å². The van der Waals surface area contributed by atoms with Gasteiger partial charge < -0.3 is 9.88 Å². The van der Waals surface area contributed by atoms with Crippen molar-refractivity contribution >= 4 is 0 Å². The van der Waals surface area contributed by atoms with Crippen molar-refractivity contribution in [3.05, 3.63) is 11.6 Å². The van der Waals surface area contributed by atoms with Gasteiger partial charge in [0.2, 0.25) is 0 Å². The molecule has 3 rings (SSSR count). The summed E-state index contributed by atoms with van der Waals surface area (Å²) in [5.41, 5.74) is 0.226. The number of rotatable bonds is 3. The van der Waals surface area contributed by atoms with Gasteiger partial charge >= 0.3 is 0 Å². The molecule has 1 unspecified atom stereocenters. The molecule has 2 fully saturated rings. The van der Waals surface area contributed by atoms with Crippen LogP contribution in [0.1, 0.15) is 63.1 Å². The summed E-state index contributed by atoms with van der Waals surface area (Å²) in [5, 5.41) is 12.5. The van der Waals surface area contributed by atoms with Gasteiger partial charge in [-0.1, -0.05) is 19.8 Å². The van der Waals surface area contributed by atoms with Crippen molar-refractivity contribution < 1.29 is 0 Å². The fraction of sp³-hybridized carbons (Fsp3) is 0.857. The van der Waals surface area contributed by atoms with E-state index in [1.165, 1.54) is 37.9 Å². The molecule has 1 atom stereocenters. The first-order valence-electron chi connectivity index (χ1n) is 7.39. The Morgan fingerprint density at radius 2 is 2.11 bits per heavy atom. The lowest BCUT2D eigenvalue weighted by Gasteiger charge is -2.28. The van der Waals surface area contributed by atoms with Crippen LogP contribution >= 0.6 is 0 Å². The van der Waals surface area contributed by atoms with Crippen molar-refractivity contribution in [1.29, 1.82) is 0 Å². The van der Waals surface area contributed by atoms with Crippen LogP contribution in [-0.2, 0) is 5.41 Å². The van der Waals surface area contributed by atoms with Crippen LogP contribution in [0.4, 0.5) is 0 Å². The molecule has 1 saturated heterocycles. The molecule has 1 aliphatic heterocycles. The van der Waals surface area contributed by atoms with E-state index in [9.17, 15) is 0 Å². The van der Waals surface area contributed by atoms with Crippen LogP contribution in [0.15, 0.2) is 0 Å². The Bertz CT molecular complexity index is 411. The molecule has 4 nitrogen and oxygen atoms in total. The Morgan fingerprint density at radius 1 is 1.33 bits per heavy atom. The molecule has 0 radical (unpaired) electrons. The fourth-order valence-corrected chi connectivity index (χ4v) is 3.73. The number of hydrogen-bond donors (Lipinski definition) is 1. The quantitative estimate of drug-likeness (QED) is 0.893. The maximum Gasteiger partial charge on any atom is 0.140 e. The van der Waals surface area contributed by atoms with Gasteiger partial charge in [-0.05, 0) is 39.2 Å². The summed E-state index contributed by atoms with van der Waals surface area (Å²) in [6.45, 7) is 6.58. The fourth-order valence-electron chi connectivity index (χ4n) is 3.73. The van der Waals surface area contributed by atoms with Crippen LogP contribution in [0.2, 0.25) is 0 Å². The molecule has 100 valence electrons. The van der Waals surface area contributed by atoms with Gasteiger partial charge in [-0.2, -0.15) is 0 Å². The van der Waals surface area contributed by atoms with Gasteiger partial charge in [-0.15, -0.1) is 10.2 Å². The lowest BCUT2D eigenvalue weighted by atomic mass is 9.83. The Hall–Kier alpha value is -0.900. The summed E-state index contributed by atoms with van der Waals surface area (Å²) >= 11 is 0. The summed E-state index contributed by atoms with van der Waals surface area (Å²) in [6.07, 6.45) is 7.69. The monoisotopic (exact) mass is 248 g/mol. The van der Waals surface area contributed by atoms with Crippen LogP contribution in [0, 0.1) is 6.92 Å². The number of nitrogens with one attached hydrogen (secondary N) is 1. The minimum absolute atomic E-state index is 0.226. The van der Waals surface area contributed by atoms with E-state index in [-0.39, 0.29) is 5.41 Å². The van der Waals surface area contributed by atoms with Gasteiger partial charge in [0.1, 0.15) is 11.6 Å². The maximum atomic E-state index is 4.56. The summed E-state index contributed by atoms with van der Waals surface area (Å²) in [5.74, 6) is 2.36. The zero-order chi connectivity index (χ0) is 12.6. The van der Waals surface area contributed by atoms with Crippen LogP contribution in [0.3, 0.4) is 0 Å². The third-order valence-electron chi connectivity index (χ3n) is 4.95. The first-order chi connectivity index (χ1) is 8.77. The minimum Gasteiger partial charge on any atom is -0.316 e. The molecule has 18 heavy (non-hydrogen) atoms. The van der Waals surface area contributed by atoms with Crippen molar-refractivity contribution in [3.8, 4) is 0 Å². The zero-order valence-corrected chi connectivity index (χ0v) is 11.6. The van der Waals surface area contributed by atoms with Gasteiger partial charge in [0.05, 0.1) is 0 Å². The van der Waals surface area contributed by atoms with Crippen molar-refractivity contribution in [3.63, 3.8) is 0 Å². The van der Waals surface area contributed by atoms with E-state index in [2.05, 4.69) is 33.9 Å². The molecule has 1 aromatic heterocycles. The average molecular weight is 248 g/mol. The summed E-state index contributed by atoms with van der Waals surface area (Å²) in [6, 6.07) is 0.652. The molecule has 1 saturated carbocycles. The van der Waals surface area contributed by atoms with Crippen molar-refractivity contribution in [2.75, 3.05) is 13.1 Å². The molecule has 0 aromatic carbocycles. The Labute approximate surface area is 109 Å². The zero-order valence-electron chi connectivity index (χ0n) is 11.6. The highest BCUT2D eigenvalue weighted by Crippen LogP contribution is 2.38. The standard InChI is InChI=1S/C14H24N4/c1-3-14(8-9-15-10-14)13-17-16-11(2)18(13)12-6-4-5-7-12/h12,15H,3-10H2,1-2H3. The van der Waals surface area contributed by atoms with Crippen LogP contribution < -0.4 is 5.32 Å². The highest BCUT2D eigenvalue weighted by atomic mass is 15.3. The molecule has 1 aromatic rings. The summed E-state index contributed by atoms with van der Waals surface area (Å²) in [4.78, 5) is 0. The molecular weight excluding hydrogens is 224 g/mol. The van der Waals surface area contributed by atoms with Crippen molar-refractivity contribution in [2.45, 2.75) is 63.8 Å². The van der Waals surface area contributed by atoms with Crippen LogP contribution in [0.5, 0.6) is 0 Å². The number of aromatic nitrogens is 3. The van der Waals surface area contributed by atoms with E-state index >= 15 is 0 Å². The number of aryl methyl sites for hydroxylation is 1. The first kappa shape index (κ1) is 12.2. The van der Waals surface area contributed by atoms with E-state index in [0.717, 1.165) is 25.3 Å². The molecule has 0 bridgehead atoms. The minimum atomic E-state index is 0.226. The highest BCUT2D eigenvalue weighted by Gasteiger charge is 2.40. The molecule has 0 spiro atoms. The van der Waals surface area contributed by atoms with Gasteiger partial charge in [-0.3, -0.25) is 0 Å². The van der Waals surface area contributed by atoms with Gasteiger partial charge in [-0.25, -0.2) is 0 Å². The molecule has 2 heterocycles. The van der Waals surface area contributed by atoms with E-state index in [4.69, 9.17) is 0 Å². The molecule has 1 aliphatic carbocycles. The summed E-state index contributed by atoms with van der Waals surface area (Å²) < 4.78 is 2.46. The molecule has 4 heteroatoms. The van der Waals surface area contributed by atoms with E-state index in [1.54, 1.807) is 0 Å². The van der Waals surface area contributed by atoms with E-state index in [1.807, 2.05) is 0 Å². The predicted octanol–water partition coefficient (Wildman–Crippen LogP) is 2.34. The second kappa shape index (κ2) is 4.65. The lowest BCUT2D eigenvalue weighted by Crippen LogP contribution is -2.33. The molecule has 1 N–H and O–H groups in total. The molecule has 0 amide bonds. The Morgan fingerprint density at radius 3 is 2.72 bits per heavy atom. The SMILES string of the molecule is CCC1(c2nnc(C)n2C2CCCC2)CCNC1. The average Bonchev–Trinajstić information content (AvgIpc) is 3.08. The molecular formula is C14H24N4. The van der Waals surface area contributed by atoms with E-state index in [0.29, 0.717) is 6.04 Å². The second-order valence-corrected chi connectivity index (χ2v) is 5.94. The maximum absolute atomic E-state index is 4.56. The molecule has 2 aliphatic rings. The van der Waals surface area contributed by atoms with Gasteiger partial charge in [0.15, 0.2) is 0 Å². The number of nitrogens with zero attached hydrogens (tertiary/aromatic N) is 3. The van der Waals surface area contributed by atoms with Crippen molar-refractivity contribution in [2.24, 2.45) is 0 Å². The van der Waals surface area contributed by atoms with E-state index < -0.39 is 0 Å². The largest absolute Gasteiger partial charge is 0.316 e. The Balaban J connectivity index is 2.00. The summed E-state index contributed by atoms with van der Waals surface area (Å²) in [7, 11) is 0. The second-order valence-electron chi connectivity index (χ2n) is 5.94. The van der Waals surface area contributed by atoms with Crippen LogP contribution in [0.25, 0.3) is 0 Å². The smallest absolute Gasteiger partial charge is 0.140 e. The van der Waals surface area contributed by atoms with Crippen molar-refractivity contribution in [1.82, 2.24) is 20.1 Å². The highest BCUT2D eigenvalue weighted by molar-refractivity contribution is 5.15. The first-order valence-corrected chi connectivity index (χ1v) is 7.39. The predicted molar refractivity (Wildman–Crippen MR) is 71.7 cm³/mol. The van der Waals surface area contributed by atoms with Gasteiger partial charge in [0, 0.05) is 18.0 Å². The lowest BCUT2D eigenvalue weighted by molar-refractivity contribution is 0.374.